The molecule has 0 saturated carbocycles. The Morgan fingerprint density at radius 1 is 1.09 bits per heavy atom. The molecule has 1 aromatic heterocycles. The Balaban J connectivity index is 2.72. The highest BCUT2D eigenvalue weighted by Gasteiger charge is 2.39. The summed E-state index contributed by atoms with van der Waals surface area (Å²) in [6.45, 7) is 8.19. The number of alkyl halides is 3. The summed E-state index contributed by atoms with van der Waals surface area (Å²) in [5.41, 5.74) is 6.38. The van der Waals surface area contributed by atoms with Gasteiger partial charge in [0.25, 0.3) is 0 Å². The fourth-order valence-electron chi connectivity index (χ4n) is 2.76. The molecule has 2 nitrogen and oxygen atoms in total. The van der Waals surface area contributed by atoms with Gasteiger partial charge in [0.2, 0.25) is 0 Å². The number of benzene rings is 1. The van der Waals surface area contributed by atoms with Gasteiger partial charge in [-0.25, -0.2) is 4.39 Å². The van der Waals surface area contributed by atoms with Crippen LogP contribution >= 0.6 is 0 Å². The largest absolute Gasteiger partial charge is 0.407 e. The number of rotatable bonds is 4. The van der Waals surface area contributed by atoms with Crippen LogP contribution in [0.15, 0.2) is 18.3 Å². The minimum Gasteiger partial charge on any atom is -0.347 e. The van der Waals surface area contributed by atoms with E-state index in [-0.39, 0.29) is 22.8 Å². The summed E-state index contributed by atoms with van der Waals surface area (Å²) < 4.78 is 55.0. The average Bonchev–Trinajstić information content (AvgIpc) is 2.72. The molecule has 0 spiro atoms. The lowest BCUT2D eigenvalue weighted by molar-refractivity contribution is -0.148. The van der Waals surface area contributed by atoms with E-state index in [4.69, 9.17) is 5.73 Å². The van der Waals surface area contributed by atoms with Crippen LogP contribution < -0.4 is 5.73 Å². The van der Waals surface area contributed by atoms with Crippen molar-refractivity contribution in [1.29, 1.82) is 0 Å². The quantitative estimate of drug-likeness (QED) is 0.775. The second kappa shape index (κ2) is 6.15. The Morgan fingerprint density at radius 2 is 1.70 bits per heavy atom. The van der Waals surface area contributed by atoms with Crippen molar-refractivity contribution in [1.82, 2.24) is 4.57 Å². The van der Waals surface area contributed by atoms with Crippen molar-refractivity contribution >= 4 is 10.9 Å². The van der Waals surface area contributed by atoms with Crippen molar-refractivity contribution in [2.75, 3.05) is 0 Å². The van der Waals surface area contributed by atoms with Gasteiger partial charge in [0, 0.05) is 29.2 Å². The molecule has 2 rings (SSSR count). The first-order valence-electron chi connectivity index (χ1n) is 7.66. The molecule has 0 aliphatic rings. The maximum atomic E-state index is 14.3. The number of fused-ring (bicyclic) bond motifs is 1. The molecule has 2 N–H and O–H groups in total. The van der Waals surface area contributed by atoms with E-state index in [1.54, 1.807) is 10.6 Å². The normalized spacial score (nSPS) is 14.2. The maximum absolute atomic E-state index is 14.3. The number of hydrogen-bond acceptors (Lipinski definition) is 1. The predicted molar refractivity (Wildman–Crippen MR) is 83.8 cm³/mol. The van der Waals surface area contributed by atoms with Crippen LogP contribution in [0.25, 0.3) is 10.9 Å². The van der Waals surface area contributed by atoms with Crippen molar-refractivity contribution in [2.24, 2.45) is 11.7 Å². The molecule has 2 aromatic rings. The molecule has 6 heteroatoms. The summed E-state index contributed by atoms with van der Waals surface area (Å²) in [4.78, 5) is 0. The van der Waals surface area contributed by atoms with Gasteiger partial charge in [-0.05, 0) is 29.5 Å². The van der Waals surface area contributed by atoms with Gasteiger partial charge in [-0.15, -0.1) is 0 Å². The topological polar surface area (TPSA) is 30.9 Å². The van der Waals surface area contributed by atoms with E-state index in [0.717, 1.165) is 0 Å². The van der Waals surface area contributed by atoms with Crippen LogP contribution in [0.2, 0.25) is 0 Å². The van der Waals surface area contributed by atoms with Gasteiger partial charge in [-0.2, -0.15) is 13.2 Å². The van der Waals surface area contributed by atoms with Crippen molar-refractivity contribution < 1.29 is 17.6 Å². The summed E-state index contributed by atoms with van der Waals surface area (Å²) in [5.74, 6) is -0.305. The summed E-state index contributed by atoms with van der Waals surface area (Å²) in [5, 5.41) is 0.234. The Kier molecular flexibility index (Phi) is 4.76. The molecule has 1 atom stereocenters. The Bertz CT molecular complexity index is 699. The van der Waals surface area contributed by atoms with E-state index < -0.39 is 18.0 Å². The predicted octanol–water partition coefficient (Wildman–Crippen LogP) is 5.12. The number of hydrogen-bond donors (Lipinski definition) is 1. The highest BCUT2D eigenvalue weighted by atomic mass is 19.4. The third-order valence-corrected chi connectivity index (χ3v) is 3.90. The van der Waals surface area contributed by atoms with Gasteiger partial charge >= 0.3 is 6.18 Å². The molecule has 23 heavy (non-hydrogen) atoms. The smallest absolute Gasteiger partial charge is 0.347 e. The van der Waals surface area contributed by atoms with Crippen LogP contribution in [0.1, 0.15) is 50.8 Å². The SMILES string of the molecule is CC(C)Cn1cc([C@H](N)C(F)(F)F)c2cc(F)c(C(C)C)cc21. The van der Waals surface area contributed by atoms with Gasteiger partial charge in [-0.1, -0.05) is 27.7 Å². The molecule has 0 bridgehead atoms. The molecule has 0 saturated heterocycles. The summed E-state index contributed by atoms with van der Waals surface area (Å²) in [6, 6.07) is 0.704. The van der Waals surface area contributed by atoms with E-state index in [1.807, 2.05) is 27.7 Å². The summed E-state index contributed by atoms with van der Waals surface area (Å²) in [7, 11) is 0. The fourth-order valence-corrected chi connectivity index (χ4v) is 2.76. The third-order valence-electron chi connectivity index (χ3n) is 3.90. The average molecular weight is 330 g/mol. The molecule has 0 aliphatic carbocycles. The van der Waals surface area contributed by atoms with Gasteiger partial charge in [0.1, 0.15) is 11.9 Å². The van der Waals surface area contributed by atoms with E-state index in [9.17, 15) is 17.6 Å². The molecule has 0 aliphatic heterocycles. The molecule has 1 aromatic carbocycles. The molecule has 0 radical (unpaired) electrons. The number of aromatic nitrogens is 1. The lowest BCUT2D eigenvalue weighted by atomic mass is 9.99. The number of nitrogens with zero attached hydrogens (tertiary/aromatic N) is 1. The zero-order valence-corrected chi connectivity index (χ0v) is 13.7. The summed E-state index contributed by atoms with van der Waals surface area (Å²) in [6.07, 6.45) is -3.16. The zero-order chi connectivity index (χ0) is 17.5. The molecule has 0 amide bonds. The first kappa shape index (κ1) is 17.8. The van der Waals surface area contributed by atoms with Crippen LogP contribution in [-0.2, 0) is 6.54 Å². The third kappa shape index (κ3) is 3.52. The van der Waals surface area contributed by atoms with E-state index >= 15 is 0 Å². The Hall–Kier alpha value is -1.56. The van der Waals surface area contributed by atoms with Crippen LogP contribution in [0.5, 0.6) is 0 Å². The van der Waals surface area contributed by atoms with E-state index in [2.05, 4.69) is 0 Å². The Labute approximate surface area is 133 Å². The molecule has 0 fully saturated rings. The van der Waals surface area contributed by atoms with Crippen LogP contribution in [0.3, 0.4) is 0 Å². The highest BCUT2D eigenvalue weighted by Crippen LogP contribution is 2.37. The van der Waals surface area contributed by atoms with E-state index in [1.165, 1.54) is 12.3 Å². The first-order valence-corrected chi connectivity index (χ1v) is 7.66. The molecule has 128 valence electrons. The van der Waals surface area contributed by atoms with Crippen molar-refractivity contribution in [2.45, 2.75) is 52.4 Å². The fraction of sp³-hybridized carbons (Fsp3) is 0.529. The summed E-state index contributed by atoms with van der Waals surface area (Å²) >= 11 is 0. The Morgan fingerprint density at radius 3 is 2.17 bits per heavy atom. The zero-order valence-electron chi connectivity index (χ0n) is 13.7. The van der Waals surface area contributed by atoms with Crippen molar-refractivity contribution in [3.63, 3.8) is 0 Å². The lowest BCUT2D eigenvalue weighted by Gasteiger charge is -2.15. The molecular weight excluding hydrogens is 308 g/mol. The minimum absolute atomic E-state index is 0.0541. The first-order chi connectivity index (χ1) is 10.5. The molecule has 0 unspecified atom stereocenters. The second-order valence-corrected chi connectivity index (χ2v) is 6.70. The van der Waals surface area contributed by atoms with Crippen molar-refractivity contribution in [3.8, 4) is 0 Å². The van der Waals surface area contributed by atoms with Crippen molar-refractivity contribution in [3.05, 3.63) is 35.3 Å². The lowest BCUT2D eigenvalue weighted by Crippen LogP contribution is -2.28. The van der Waals surface area contributed by atoms with Gasteiger partial charge in [-0.3, -0.25) is 0 Å². The van der Waals surface area contributed by atoms with Gasteiger partial charge in [0.15, 0.2) is 0 Å². The maximum Gasteiger partial charge on any atom is 0.407 e. The minimum atomic E-state index is -4.57. The van der Waals surface area contributed by atoms with E-state index in [0.29, 0.717) is 17.6 Å². The highest BCUT2D eigenvalue weighted by molar-refractivity contribution is 5.85. The van der Waals surface area contributed by atoms with Crippen LogP contribution in [0, 0.1) is 11.7 Å². The van der Waals surface area contributed by atoms with Gasteiger partial charge < -0.3 is 10.3 Å². The van der Waals surface area contributed by atoms with Crippen LogP contribution in [-0.4, -0.2) is 10.7 Å². The number of nitrogens with two attached hydrogens (primary N) is 1. The van der Waals surface area contributed by atoms with Gasteiger partial charge in [0.05, 0.1) is 0 Å². The number of halogens is 4. The standard InChI is InChI=1S/C17H22F4N2/c1-9(2)7-23-8-13(16(22)17(19,20)21)12-5-14(18)11(10(3)4)6-15(12)23/h5-6,8-10,16H,7,22H2,1-4H3/t16-/m0/s1. The molecular formula is C17H22F4N2. The van der Waals surface area contributed by atoms with Crippen LogP contribution in [0.4, 0.5) is 17.6 Å². The monoisotopic (exact) mass is 330 g/mol. The molecule has 1 heterocycles. The second-order valence-electron chi connectivity index (χ2n) is 6.70.